The van der Waals surface area contributed by atoms with Crippen molar-refractivity contribution in [2.75, 3.05) is 11.9 Å². The Bertz CT molecular complexity index is 589. The van der Waals surface area contributed by atoms with Crippen LogP contribution in [0.4, 0.5) is 10.2 Å². The van der Waals surface area contributed by atoms with E-state index < -0.39 is 11.9 Å². The van der Waals surface area contributed by atoms with Crippen molar-refractivity contribution in [1.82, 2.24) is 9.97 Å². The highest BCUT2D eigenvalue weighted by Crippen LogP contribution is 2.17. The van der Waals surface area contributed by atoms with Gasteiger partial charge in [0.05, 0.1) is 11.8 Å². The van der Waals surface area contributed by atoms with Gasteiger partial charge >= 0.3 is 0 Å². The number of anilines is 1. The molecule has 0 aliphatic rings. The molecule has 4 nitrogen and oxygen atoms in total. The number of aliphatic hydroxyl groups excluding tert-OH is 1. The Morgan fingerprint density at radius 3 is 2.85 bits per heavy atom. The maximum absolute atomic E-state index is 13.9. The Morgan fingerprint density at radius 1 is 1.35 bits per heavy atom. The second-order valence-electron chi connectivity index (χ2n) is 4.65. The van der Waals surface area contributed by atoms with Crippen molar-refractivity contribution in [2.24, 2.45) is 0 Å². The molecule has 2 N–H and O–H groups in total. The van der Waals surface area contributed by atoms with Crippen LogP contribution in [0.1, 0.15) is 29.8 Å². The molecule has 1 heterocycles. The molecule has 1 aromatic heterocycles. The number of halogens is 1. The summed E-state index contributed by atoms with van der Waals surface area (Å²) in [6, 6.07) is 7.59. The predicted molar refractivity (Wildman–Crippen MR) is 76.0 cm³/mol. The van der Waals surface area contributed by atoms with Gasteiger partial charge in [-0.1, -0.05) is 36.8 Å². The lowest BCUT2D eigenvalue weighted by molar-refractivity contribution is 0.191. The van der Waals surface area contributed by atoms with Crippen LogP contribution in [0, 0.1) is 12.7 Å². The van der Waals surface area contributed by atoms with Crippen LogP contribution in [-0.4, -0.2) is 21.6 Å². The van der Waals surface area contributed by atoms with Crippen molar-refractivity contribution >= 4 is 5.82 Å². The fourth-order valence-electron chi connectivity index (χ4n) is 1.96. The molecule has 20 heavy (non-hydrogen) atoms. The minimum atomic E-state index is -0.714. The normalized spacial score (nSPS) is 12.2. The minimum Gasteiger partial charge on any atom is -0.387 e. The van der Waals surface area contributed by atoms with E-state index in [1.807, 2.05) is 38.1 Å². The van der Waals surface area contributed by atoms with Gasteiger partial charge in [0, 0.05) is 6.54 Å². The molecule has 0 radical (unpaired) electrons. The summed E-state index contributed by atoms with van der Waals surface area (Å²) >= 11 is 0. The molecule has 106 valence electrons. The number of hydrogen-bond acceptors (Lipinski definition) is 4. The van der Waals surface area contributed by atoms with Gasteiger partial charge in [-0.3, -0.25) is 0 Å². The van der Waals surface area contributed by atoms with Crippen LogP contribution in [0.2, 0.25) is 0 Å². The van der Waals surface area contributed by atoms with Crippen LogP contribution in [0.15, 0.2) is 30.6 Å². The quantitative estimate of drug-likeness (QED) is 0.880. The number of nitrogens with zero attached hydrogens (tertiary/aromatic N) is 2. The molecule has 0 bridgehead atoms. The number of aliphatic hydroxyl groups is 1. The topological polar surface area (TPSA) is 58.0 Å². The average molecular weight is 275 g/mol. The Balaban J connectivity index is 2.05. The van der Waals surface area contributed by atoms with Crippen molar-refractivity contribution in [3.63, 3.8) is 0 Å². The van der Waals surface area contributed by atoms with Crippen molar-refractivity contribution in [3.8, 4) is 0 Å². The Kier molecular flexibility index (Phi) is 4.63. The van der Waals surface area contributed by atoms with Gasteiger partial charge in [-0.25, -0.2) is 14.4 Å². The van der Waals surface area contributed by atoms with Crippen LogP contribution in [0.5, 0.6) is 0 Å². The van der Waals surface area contributed by atoms with E-state index in [4.69, 9.17) is 0 Å². The number of benzene rings is 1. The van der Waals surface area contributed by atoms with E-state index >= 15 is 0 Å². The van der Waals surface area contributed by atoms with Crippen molar-refractivity contribution in [3.05, 3.63) is 53.2 Å². The molecule has 2 rings (SSSR count). The van der Waals surface area contributed by atoms with Gasteiger partial charge in [0.1, 0.15) is 6.33 Å². The van der Waals surface area contributed by atoms with Crippen LogP contribution in [-0.2, 0) is 6.42 Å². The van der Waals surface area contributed by atoms with E-state index in [0.717, 1.165) is 11.1 Å². The zero-order valence-electron chi connectivity index (χ0n) is 11.6. The van der Waals surface area contributed by atoms with Crippen LogP contribution >= 0.6 is 0 Å². The molecule has 0 aliphatic heterocycles. The maximum atomic E-state index is 13.9. The summed E-state index contributed by atoms with van der Waals surface area (Å²) in [5.41, 5.74) is 2.23. The van der Waals surface area contributed by atoms with E-state index in [-0.39, 0.29) is 12.4 Å². The fourth-order valence-corrected chi connectivity index (χ4v) is 1.96. The predicted octanol–water partition coefficient (Wildman–Crippen LogP) is 2.63. The van der Waals surface area contributed by atoms with Crippen LogP contribution < -0.4 is 5.32 Å². The zero-order chi connectivity index (χ0) is 14.5. The summed E-state index contributed by atoms with van der Waals surface area (Å²) in [6.45, 7) is 3.98. The molecule has 1 aromatic carbocycles. The first kappa shape index (κ1) is 14.4. The van der Waals surface area contributed by atoms with E-state index in [1.54, 1.807) is 0 Å². The molecule has 0 fully saturated rings. The van der Waals surface area contributed by atoms with Gasteiger partial charge in [0.2, 0.25) is 0 Å². The fraction of sp³-hybridized carbons (Fsp3) is 0.333. The van der Waals surface area contributed by atoms with Gasteiger partial charge in [-0.2, -0.15) is 0 Å². The second-order valence-corrected chi connectivity index (χ2v) is 4.65. The van der Waals surface area contributed by atoms with Gasteiger partial charge in [-0.05, 0) is 18.9 Å². The summed E-state index contributed by atoms with van der Waals surface area (Å²) < 4.78 is 13.9. The van der Waals surface area contributed by atoms with E-state index in [2.05, 4.69) is 15.3 Å². The highest BCUT2D eigenvalue weighted by Gasteiger charge is 2.12. The zero-order valence-corrected chi connectivity index (χ0v) is 11.6. The average Bonchev–Trinajstić information content (AvgIpc) is 2.46. The number of nitrogens with one attached hydrogen (secondary N) is 1. The van der Waals surface area contributed by atoms with Crippen LogP contribution in [0.25, 0.3) is 0 Å². The van der Waals surface area contributed by atoms with Gasteiger partial charge < -0.3 is 10.4 Å². The molecule has 0 saturated heterocycles. The molecule has 0 spiro atoms. The van der Waals surface area contributed by atoms with Gasteiger partial charge in [0.25, 0.3) is 0 Å². The number of rotatable bonds is 5. The number of hydrogen-bond donors (Lipinski definition) is 2. The summed E-state index contributed by atoms with van der Waals surface area (Å²) in [5.74, 6) is -0.324. The molecule has 0 saturated carbocycles. The third-order valence-electron chi connectivity index (χ3n) is 3.09. The lowest BCUT2D eigenvalue weighted by Crippen LogP contribution is -2.15. The van der Waals surface area contributed by atoms with E-state index in [0.29, 0.717) is 12.1 Å². The second kappa shape index (κ2) is 6.43. The third-order valence-corrected chi connectivity index (χ3v) is 3.09. The maximum Gasteiger partial charge on any atom is 0.186 e. The summed E-state index contributed by atoms with van der Waals surface area (Å²) in [5, 5.41) is 12.9. The van der Waals surface area contributed by atoms with Crippen molar-refractivity contribution < 1.29 is 9.50 Å². The van der Waals surface area contributed by atoms with Crippen LogP contribution in [0.3, 0.4) is 0 Å². The molecule has 1 unspecified atom stereocenters. The summed E-state index contributed by atoms with van der Waals surface area (Å²) in [4.78, 5) is 7.73. The Hall–Kier alpha value is -2.01. The van der Waals surface area contributed by atoms with Crippen molar-refractivity contribution in [1.29, 1.82) is 0 Å². The standard InChI is InChI=1S/C15H18FN3O/c1-3-12-14(16)15(19-9-18-12)17-8-13(20)11-6-4-5-10(2)7-11/h4-7,9,13,20H,3,8H2,1-2H3,(H,17,18,19). The summed E-state index contributed by atoms with van der Waals surface area (Å²) in [7, 11) is 0. The largest absolute Gasteiger partial charge is 0.387 e. The highest BCUT2D eigenvalue weighted by molar-refractivity contribution is 5.38. The number of aromatic nitrogens is 2. The minimum absolute atomic E-state index is 0.128. The van der Waals surface area contributed by atoms with E-state index in [9.17, 15) is 9.50 Å². The smallest absolute Gasteiger partial charge is 0.186 e. The molecule has 2 aromatic rings. The Labute approximate surface area is 117 Å². The highest BCUT2D eigenvalue weighted by atomic mass is 19.1. The molecule has 0 aliphatic carbocycles. The molecular weight excluding hydrogens is 257 g/mol. The SMILES string of the molecule is CCc1ncnc(NCC(O)c2cccc(C)c2)c1F. The monoisotopic (exact) mass is 275 g/mol. The molecule has 0 amide bonds. The van der Waals surface area contributed by atoms with E-state index in [1.165, 1.54) is 6.33 Å². The van der Waals surface area contributed by atoms with Crippen molar-refractivity contribution in [2.45, 2.75) is 26.4 Å². The van der Waals surface area contributed by atoms with Gasteiger partial charge in [0.15, 0.2) is 11.6 Å². The lowest BCUT2D eigenvalue weighted by atomic mass is 10.1. The first-order valence-electron chi connectivity index (χ1n) is 6.59. The third kappa shape index (κ3) is 3.30. The number of aryl methyl sites for hydroxylation is 2. The summed E-state index contributed by atoms with van der Waals surface area (Å²) in [6.07, 6.45) is 1.11. The molecule has 1 atom stereocenters. The first-order chi connectivity index (χ1) is 9.61. The molecular formula is C15H18FN3O. The molecule has 5 heteroatoms. The Morgan fingerprint density at radius 2 is 2.15 bits per heavy atom. The van der Waals surface area contributed by atoms with Gasteiger partial charge in [-0.15, -0.1) is 0 Å². The lowest BCUT2D eigenvalue weighted by Gasteiger charge is -2.14. The first-order valence-corrected chi connectivity index (χ1v) is 6.59.